The number of hydrogen-bond donors (Lipinski definition) is 1. The molecule has 0 amide bonds. The Morgan fingerprint density at radius 2 is 2.28 bits per heavy atom. The number of likely N-dealkylation sites (tertiary alicyclic amines) is 1. The highest BCUT2D eigenvalue weighted by Crippen LogP contribution is 2.37. The summed E-state index contributed by atoms with van der Waals surface area (Å²) in [4.78, 5) is 2.34. The van der Waals surface area contributed by atoms with Gasteiger partial charge in [-0.15, -0.1) is 0 Å². The van der Waals surface area contributed by atoms with Gasteiger partial charge in [-0.05, 0) is 54.5 Å². The van der Waals surface area contributed by atoms with E-state index in [9.17, 15) is 0 Å². The number of hydrogen-bond acceptors (Lipinski definition) is 3. The molecule has 1 N–H and O–H groups in total. The van der Waals surface area contributed by atoms with Crippen molar-refractivity contribution < 1.29 is 4.74 Å². The number of likely N-dealkylation sites (N-methyl/N-ethyl adjacent to an activating group) is 1. The van der Waals surface area contributed by atoms with Crippen LogP contribution in [0.5, 0.6) is 5.75 Å². The van der Waals surface area contributed by atoms with Crippen LogP contribution in [0.1, 0.15) is 12.8 Å². The van der Waals surface area contributed by atoms with E-state index in [0.717, 1.165) is 22.5 Å². The standard InChI is InChI=1S/C13H18BrClN2O/c1-17-5-3-4-10(8-17)16-12-7-9(15)6-11(14)13(12)18-2/h6-7,10,16H,3-5,8H2,1-2H3. The summed E-state index contributed by atoms with van der Waals surface area (Å²) in [5.74, 6) is 0.813. The maximum atomic E-state index is 6.09. The topological polar surface area (TPSA) is 24.5 Å². The van der Waals surface area contributed by atoms with Gasteiger partial charge in [-0.25, -0.2) is 0 Å². The van der Waals surface area contributed by atoms with Gasteiger partial charge in [0.2, 0.25) is 0 Å². The molecule has 1 aliphatic heterocycles. The van der Waals surface area contributed by atoms with Gasteiger partial charge in [0, 0.05) is 17.6 Å². The normalized spacial score (nSPS) is 20.8. The summed E-state index contributed by atoms with van der Waals surface area (Å²) in [6.07, 6.45) is 2.40. The van der Waals surface area contributed by atoms with Gasteiger partial charge in [0.15, 0.2) is 5.75 Å². The number of ether oxygens (including phenoxy) is 1. The first-order valence-electron chi connectivity index (χ1n) is 6.08. The molecule has 1 fully saturated rings. The van der Waals surface area contributed by atoms with E-state index in [-0.39, 0.29) is 0 Å². The fourth-order valence-corrected chi connectivity index (χ4v) is 3.35. The van der Waals surface area contributed by atoms with E-state index in [0.29, 0.717) is 11.1 Å². The van der Waals surface area contributed by atoms with E-state index < -0.39 is 0 Å². The van der Waals surface area contributed by atoms with Crippen LogP contribution in [0, 0.1) is 0 Å². The monoisotopic (exact) mass is 332 g/mol. The largest absolute Gasteiger partial charge is 0.493 e. The molecular weight excluding hydrogens is 316 g/mol. The number of anilines is 1. The van der Waals surface area contributed by atoms with E-state index in [4.69, 9.17) is 16.3 Å². The Hall–Kier alpha value is -0.450. The third-order valence-electron chi connectivity index (χ3n) is 3.20. The molecule has 5 heteroatoms. The number of piperidine rings is 1. The number of methoxy groups -OCH3 is 1. The van der Waals surface area contributed by atoms with Crippen LogP contribution in [-0.4, -0.2) is 38.2 Å². The van der Waals surface area contributed by atoms with Crippen LogP contribution in [0.25, 0.3) is 0 Å². The maximum Gasteiger partial charge on any atom is 0.156 e. The van der Waals surface area contributed by atoms with Gasteiger partial charge in [-0.3, -0.25) is 0 Å². The summed E-state index contributed by atoms with van der Waals surface area (Å²) in [6.45, 7) is 2.22. The fourth-order valence-electron chi connectivity index (χ4n) is 2.38. The van der Waals surface area contributed by atoms with Crippen LogP contribution in [0.3, 0.4) is 0 Å². The number of nitrogens with one attached hydrogen (secondary N) is 1. The summed E-state index contributed by atoms with van der Waals surface area (Å²) in [5, 5.41) is 4.23. The Balaban J connectivity index is 2.17. The molecule has 1 heterocycles. The third kappa shape index (κ3) is 3.31. The molecule has 100 valence electrons. The maximum absolute atomic E-state index is 6.09. The van der Waals surface area contributed by atoms with Crippen molar-refractivity contribution >= 4 is 33.2 Å². The second kappa shape index (κ2) is 6.13. The SMILES string of the molecule is COc1c(Br)cc(Cl)cc1NC1CCCN(C)C1. The molecule has 0 aliphatic carbocycles. The molecule has 0 spiro atoms. The summed E-state index contributed by atoms with van der Waals surface area (Å²) in [5.41, 5.74) is 0.956. The van der Waals surface area contributed by atoms with Crippen LogP contribution >= 0.6 is 27.5 Å². The van der Waals surface area contributed by atoms with Gasteiger partial charge in [0.1, 0.15) is 0 Å². The molecule has 1 aromatic rings. The van der Waals surface area contributed by atoms with Gasteiger partial charge in [-0.2, -0.15) is 0 Å². The van der Waals surface area contributed by atoms with Gasteiger partial charge in [0.05, 0.1) is 17.3 Å². The van der Waals surface area contributed by atoms with Gasteiger partial charge < -0.3 is 15.0 Å². The van der Waals surface area contributed by atoms with E-state index in [1.807, 2.05) is 12.1 Å². The molecule has 2 rings (SSSR count). The summed E-state index contributed by atoms with van der Waals surface area (Å²) >= 11 is 9.56. The minimum atomic E-state index is 0.447. The smallest absolute Gasteiger partial charge is 0.156 e. The van der Waals surface area contributed by atoms with Crippen LogP contribution in [0.15, 0.2) is 16.6 Å². The predicted octanol–water partition coefficient (Wildman–Crippen LogP) is 3.62. The second-order valence-corrected chi connectivity index (χ2v) is 6.00. The van der Waals surface area contributed by atoms with Crippen molar-refractivity contribution in [3.63, 3.8) is 0 Å². The Morgan fingerprint density at radius 3 is 2.94 bits per heavy atom. The van der Waals surface area contributed by atoms with E-state index in [2.05, 4.69) is 33.2 Å². The quantitative estimate of drug-likeness (QED) is 0.914. The second-order valence-electron chi connectivity index (χ2n) is 4.71. The van der Waals surface area contributed by atoms with E-state index >= 15 is 0 Å². The molecule has 1 aromatic carbocycles. The number of benzene rings is 1. The molecule has 1 atom stereocenters. The van der Waals surface area contributed by atoms with Crippen molar-refractivity contribution in [1.29, 1.82) is 0 Å². The first-order valence-corrected chi connectivity index (χ1v) is 7.25. The summed E-state index contributed by atoms with van der Waals surface area (Å²) in [7, 11) is 3.82. The van der Waals surface area contributed by atoms with Crippen molar-refractivity contribution in [2.24, 2.45) is 0 Å². The van der Waals surface area contributed by atoms with Gasteiger partial charge >= 0.3 is 0 Å². The zero-order valence-corrected chi connectivity index (χ0v) is 13.0. The highest BCUT2D eigenvalue weighted by molar-refractivity contribution is 9.10. The molecular formula is C13H18BrClN2O. The molecule has 0 bridgehead atoms. The average molecular weight is 334 g/mol. The molecule has 1 aliphatic rings. The van der Waals surface area contributed by atoms with Crippen LogP contribution in [-0.2, 0) is 0 Å². The van der Waals surface area contributed by atoms with Gasteiger partial charge in [-0.1, -0.05) is 11.6 Å². The lowest BCUT2D eigenvalue weighted by Gasteiger charge is -2.31. The van der Waals surface area contributed by atoms with Gasteiger partial charge in [0.25, 0.3) is 0 Å². The number of rotatable bonds is 3. The molecule has 3 nitrogen and oxygen atoms in total. The molecule has 0 saturated carbocycles. The van der Waals surface area contributed by atoms with E-state index in [1.54, 1.807) is 7.11 Å². The molecule has 0 radical (unpaired) electrons. The van der Waals surface area contributed by atoms with Crippen molar-refractivity contribution in [2.75, 3.05) is 32.6 Å². The van der Waals surface area contributed by atoms with Crippen LogP contribution < -0.4 is 10.1 Å². The lowest BCUT2D eigenvalue weighted by Crippen LogP contribution is -2.39. The zero-order chi connectivity index (χ0) is 13.1. The highest BCUT2D eigenvalue weighted by atomic mass is 79.9. The lowest BCUT2D eigenvalue weighted by atomic mass is 10.1. The highest BCUT2D eigenvalue weighted by Gasteiger charge is 2.19. The minimum Gasteiger partial charge on any atom is -0.493 e. The Bertz CT molecular complexity index is 428. The number of nitrogens with zero attached hydrogens (tertiary/aromatic N) is 1. The fraction of sp³-hybridized carbons (Fsp3) is 0.538. The van der Waals surface area contributed by atoms with Crippen molar-refractivity contribution in [3.05, 3.63) is 21.6 Å². The molecule has 0 aromatic heterocycles. The first kappa shape index (κ1) is 14.0. The van der Waals surface area contributed by atoms with Crippen LogP contribution in [0.4, 0.5) is 5.69 Å². The summed E-state index contributed by atoms with van der Waals surface area (Å²) < 4.78 is 6.30. The summed E-state index contributed by atoms with van der Waals surface area (Å²) in [6, 6.07) is 4.21. The first-order chi connectivity index (χ1) is 8.60. The lowest BCUT2D eigenvalue weighted by molar-refractivity contribution is 0.260. The van der Waals surface area contributed by atoms with Crippen molar-refractivity contribution in [1.82, 2.24) is 4.90 Å². The molecule has 18 heavy (non-hydrogen) atoms. The Kier molecular flexibility index (Phi) is 4.76. The average Bonchev–Trinajstić information content (AvgIpc) is 2.28. The Labute approximate surface area is 122 Å². The van der Waals surface area contributed by atoms with Crippen molar-refractivity contribution in [3.8, 4) is 5.75 Å². The predicted molar refractivity (Wildman–Crippen MR) is 79.8 cm³/mol. The number of halogens is 2. The van der Waals surface area contributed by atoms with Crippen molar-refractivity contribution in [2.45, 2.75) is 18.9 Å². The van der Waals surface area contributed by atoms with Crippen LogP contribution in [0.2, 0.25) is 5.02 Å². The molecule has 1 unspecified atom stereocenters. The zero-order valence-electron chi connectivity index (χ0n) is 10.7. The minimum absolute atomic E-state index is 0.447. The Morgan fingerprint density at radius 1 is 1.50 bits per heavy atom. The van der Waals surface area contributed by atoms with E-state index in [1.165, 1.54) is 19.4 Å². The molecule has 1 saturated heterocycles. The third-order valence-corrected chi connectivity index (χ3v) is 4.00.